The number of nitrogens with one attached hydrogen (secondary N) is 2. The molecule has 2 amide bonds. The Balaban J connectivity index is 0.00000243. The standard InChI is InChI=1S/C18H23F2N3O2.ClH/c19-14-5-4-12(9-15(14)20)13-6-7-21-10-16(13)22-17(24)11-23-8-2-1-3-18(23)25;/h4-5,9,13,16,21H,1-3,6-8,10-11H2,(H,22,24);1H. The van der Waals surface area contributed by atoms with Crippen LogP contribution in [0, 0.1) is 11.6 Å². The van der Waals surface area contributed by atoms with Crippen LogP contribution in [0.25, 0.3) is 0 Å². The molecule has 0 aromatic heterocycles. The van der Waals surface area contributed by atoms with Crippen LogP contribution in [0.15, 0.2) is 18.2 Å². The van der Waals surface area contributed by atoms with Crippen molar-refractivity contribution in [2.24, 2.45) is 0 Å². The minimum atomic E-state index is -0.875. The van der Waals surface area contributed by atoms with Crippen LogP contribution in [0.4, 0.5) is 8.78 Å². The van der Waals surface area contributed by atoms with E-state index in [2.05, 4.69) is 10.6 Å². The van der Waals surface area contributed by atoms with Gasteiger partial charge >= 0.3 is 0 Å². The molecule has 2 heterocycles. The van der Waals surface area contributed by atoms with Gasteiger partial charge in [0.25, 0.3) is 0 Å². The Morgan fingerprint density at radius 3 is 2.81 bits per heavy atom. The molecule has 2 fully saturated rings. The summed E-state index contributed by atoms with van der Waals surface area (Å²) in [7, 11) is 0. The van der Waals surface area contributed by atoms with Crippen molar-refractivity contribution < 1.29 is 18.4 Å². The lowest BCUT2D eigenvalue weighted by Crippen LogP contribution is -2.53. The Kier molecular flexibility index (Phi) is 7.34. The first-order chi connectivity index (χ1) is 12.0. The van der Waals surface area contributed by atoms with Crippen molar-refractivity contribution in [1.29, 1.82) is 0 Å². The van der Waals surface area contributed by atoms with Gasteiger partial charge in [0.1, 0.15) is 0 Å². The van der Waals surface area contributed by atoms with E-state index >= 15 is 0 Å². The number of likely N-dealkylation sites (tertiary alicyclic amines) is 1. The highest BCUT2D eigenvalue weighted by atomic mass is 35.5. The van der Waals surface area contributed by atoms with Crippen molar-refractivity contribution in [2.75, 3.05) is 26.2 Å². The van der Waals surface area contributed by atoms with Gasteiger partial charge in [-0.15, -0.1) is 12.4 Å². The van der Waals surface area contributed by atoms with Crippen molar-refractivity contribution in [2.45, 2.75) is 37.6 Å². The number of halogens is 3. The molecule has 3 rings (SSSR count). The van der Waals surface area contributed by atoms with Crippen molar-refractivity contribution in [3.8, 4) is 0 Å². The Labute approximate surface area is 157 Å². The molecule has 2 atom stereocenters. The highest BCUT2D eigenvalue weighted by Crippen LogP contribution is 2.27. The van der Waals surface area contributed by atoms with Gasteiger partial charge in [0.2, 0.25) is 11.8 Å². The van der Waals surface area contributed by atoms with Crippen LogP contribution in [0.5, 0.6) is 0 Å². The molecule has 2 aliphatic rings. The summed E-state index contributed by atoms with van der Waals surface area (Å²) in [6.07, 6.45) is 3.01. The van der Waals surface area contributed by atoms with E-state index in [-0.39, 0.29) is 42.7 Å². The maximum absolute atomic E-state index is 13.6. The molecular formula is C18H24ClF2N3O2. The van der Waals surface area contributed by atoms with Crippen molar-refractivity contribution in [1.82, 2.24) is 15.5 Å². The predicted molar refractivity (Wildman–Crippen MR) is 96.2 cm³/mol. The predicted octanol–water partition coefficient (Wildman–Crippen LogP) is 1.96. The molecule has 0 spiro atoms. The third kappa shape index (κ3) is 4.92. The fraction of sp³-hybridized carbons (Fsp3) is 0.556. The molecule has 1 aromatic carbocycles. The molecule has 2 aliphatic heterocycles. The molecular weight excluding hydrogens is 364 g/mol. The largest absolute Gasteiger partial charge is 0.350 e. The number of nitrogens with zero attached hydrogens (tertiary/aromatic N) is 1. The Morgan fingerprint density at radius 1 is 1.27 bits per heavy atom. The molecule has 0 aliphatic carbocycles. The molecule has 2 saturated heterocycles. The number of hydrogen-bond donors (Lipinski definition) is 2. The van der Waals surface area contributed by atoms with E-state index < -0.39 is 11.6 Å². The van der Waals surface area contributed by atoms with E-state index in [9.17, 15) is 18.4 Å². The van der Waals surface area contributed by atoms with Gasteiger partial charge in [-0.05, 0) is 43.5 Å². The maximum atomic E-state index is 13.6. The van der Waals surface area contributed by atoms with Crippen molar-refractivity contribution >= 4 is 24.2 Å². The Bertz CT molecular complexity index is 659. The number of amides is 2. The van der Waals surface area contributed by atoms with Gasteiger partial charge in [-0.3, -0.25) is 9.59 Å². The first-order valence-electron chi connectivity index (χ1n) is 8.77. The first-order valence-corrected chi connectivity index (χ1v) is 8.77. The molecule has 2 N–H and O–H groups in total. The van der Waals surface area contributed by atoms with Gasteiger partial charge in [-0.25, -0.2) is 8.78 Å². The average molecular weight is 388 g/mol. The zero-order valence-electron chi connectivity index (χ0n) is 14.5. The van der Waals surface area contributed by atoms with Crippen molar-refractivity contribution in [3.05, 3.63) is 35.4 Å². The summed E-state index contributed by atoms with van der Waals surface area (Å²) in [6.45, 7) is 1.98. The number of carbonyl (C=O) groups is 2. The fourth-order valence-electron chi connectivity index (χ4n) is 3.61. The maximum Gasteiger partial charge on any atom is 0.239 e. The van der Waals surface area contributed by atoms with Crippen LogP contribution < -0.4 is 10.6 Å². The SMILES string of the molecule is Cl.O=C(CN1CCCCC1=O)NC1CNCCC1c1ccc(F)c(F)c1. The normalized spacial score (nSPS) is 23.3. The van der Waals surface area contributed by atoms with Crippen LogP contribution in [-0.4, -0.2) is 48.9 Å². The number of benzene rings is 1. The molecule has 2 unspecified atom stereocenters. The van der Waals surface area contributed by atoms with Gasteiger partial charge < -0.3 is 15.5 Å². The first kappa shape index (κ1) is 20.6. The Morgan fingerprint density at radius 2 is 2.08 bits per heavy atom. The number of piperidine rings is 2. The summed E-state index contributed by atoms with van der Waals surface area (Å²) in [5.41, 5.74) is 0.680. The monoisotopic (exact) mass is 387 g/mol. The summed E-state index contributed by atoms with van der Waals surface area (Å²) < 4.78 is 26.7. The van der Waals surface area contributed by atoms with Crippen LogP contribution in [0.3, 0.4) is 0 Å². The molecule has 1 aromatic rings. The van der Waals surface area contributed by atoms with Gasteiger partial charge in [-0.1, -0.05) is 6.07 Å². The van der Waals surface area contributed by atoms with Gasteiger partial charge in [0, 0.05) is 31.5 Å². The summed E-state index contributed by atoms with van der Waals surface area (Å²) in [5.74, 6) is -2.03. The summed E-state index contributed by atoms with van der Waals surface area (Å²) in [6, 6.07) is 3.68. The molecule has 0 bridgehead atoms. The average Bonchev–Trinajstić information content (AvgIpc) is 2.60. The van der Waals surface area contributed by atoms with E-state index in [0.717, 1.165) is 31.9 Å². The third-order valence-electron chi connectivity index (χ3n) is 4.96. The van der Waals surface area contributed by atoms with Gasteiger partial charge in [0.05, 0.1) is 6.54 Å². The lowest BCUT2D eigenvalue weighted by Gasteiger charge is -2.34. The second-order valence-electron chi connectivity index (χ2n) is 6.72. The van der Waals surface area contributed by atoms with Crippen LogP contribution in [0.2, 0.25) is 0 Å². The number of rotatable bonds is 4. The quantitative estimate of drug-likeness (QED) is 0.830. The highest BCUT2D eigenvalue weighted by Gasteiger charge is 2.29. The zero-order valence-corrected chi connectivity index (χ0v) is 15.3. The molecule has 8 heteroatoms. The van der Waals surface area contributed by atoms with E-state index in [0.29, 0.717) is 25.1 Å². The smallest absolute Gasteiger partial charge is 0.239 e. The zero-order chi connectivity index (χ0) is 17.8. The van der Waals surface area contributed by atoms with Crippen LogP contribution >= 0.6 is 12.4 Å². The van der Waals surface area contributed by atoms with E-state index in [1.165, 1.54) is 6.07 Å². The number of hydrogen-bond acceptors (Lipinski definition) is 3. The van der Waals surface area contributed by atoms with E-state index in [1.807, 2.05) is 0 Å². The summed E-state index contributed by atoms with van der Waals surface area (Å²) in [4.78, 5) is 25.8. The molecule has 144 valence electrons. The van der Waals surface area contributed by atoms with Crippen molar-refractivity contribution in [3.63, 3.8) is 0 Å². The number of carbonyl (C=O) groups excluding carboxylic acids is 2. The molecule has 5 nitrogen and oxygen atoms in total. The van der Waals surface area contributed by atoms with Gasteiger partial charge in [0.15, 0.2) is 11.6 Å². The second-order valence-corrected chi connectivity index (χ2v) is 6.72. The van der Waals surface area contributed by atoms with Crippen LogP contribution in [0.1, 0.15) is 37.2 Å². The second kappa shape index (κ2) is 9.28. The van der Waals surface area contributed by atoms with E-state index in [1.54, 1.807) is 11.0 Å². The third-order valence-corrected chi connectivity index (χ3v) is 4.96. The minimum absolute atomic E-state index is 0. The molecule has 0 radical (unpaired) electrons. The van der Waals surface area contributed by atoms with E-state index in [4.69, 9.17) is 0 Å². The minimum Gasteiger partial charge on any atom is -0.350 e. The fourth-order valence-corrected chi connectivity index (χ4v) is 3.61. The Hall–Kier alpha value is -1.73. The summed E-state index contributed by atoms with van der Waals surface area (Å²) >= 11 is 0. The highest BCUT2D eigenvalue weighted by molar-refractivity contribution is 5.85. The molecule has 0 saturated carbocycles. The van der Waals surface area contributed by atoms with Gasteiger partial charge in [-0.2, -0.15) is 0 Å². The lowest BCUT2D eigenvalue weighted by molar-refractivity contribution is -0.138. The summed E-state index contributed by atoms with van der Waals surface area (Å²) in [5, 5.41) is 6.17. The topological polar surface area (TPSA) is 61.4 Å². The lowest BCUT2D eigenvalue weighted by atomic mass is 9.86. The molecule has 26 heavy (non-hydrogen) atoms. The van der Waals surface area contributed by atoms with Crippen LogP contribution in [-0.2, 0) is 9.59 Å².